The van der Waals surface area contributed by atoms with Crippen LogP contribution in [0.25, 0.3) is 0 Å². The van der Waals surface area contributed by atoms with Gasteiger partial charge in [0.1, 0.15) is 5.82 Å². The quantitative estimate of drug-likeness (QED) is 0.723. The van der Waals surface area contributed by atoms with Crippen LogP contribution in [0.2, 0.25) is 0 Å². The third-order valence-electron chi connectivity index (χ3n) is 1.60. The minimum Gasteiger partial charge on any atom is -0.370 e. The maximum absolute atomic E-state index is 12.9. The van der Waals surface area contributed by atoms with Crippen molar-refractivity contribution in [2.24, 2.45) is 5.73 Å². The Morgan fingerprint density at radius 3 is 2.67 bits per heavy atom. The number of hydrogen-bond acceptors (Lipinski definition) is 1. The van der Waals surface area contributed by atoms with Crippen LogP contribution in [0.1, 0.15) is 12.0 Å². The highest BCUT2D eigenvalue weighted by molar-refractivity contribution is 5.73. The van der Waals surface area contributed by atoms with Crippen molar-refractivity contribution < 1.29 is 9.18 Å². The summed E-state index contributed by atoms with van der Waals surface area (Å²) in [5.41, 5.74) is 5.47. The molecule has 0 saturated heterocycles. The molecule has 0 spiro atoms. The van der Waals surface area contributed by atoms with Gasteiger partial charge in [0.15, 0.2) is 0 Å². The highest BCUT2D eigenvalue weighted by Gasteiger charge is 2.01. The van der Waals surface area contributed by atoms with Gasteiger partial charge in [-0.3, -0.25) is 4.79 Å². The van der Waals surface area contributed by atoms with Gasteiger partial charge in [-0.1, -0.05) is 18.2 Å². The molecule has 1 amide bonds. The van der Waals surface area contributed by atoms with E-state index in [0.29, 0.717) is 12.0 Å². The van der Waals surface area contributed by atoms with Crippen molar-refractivity contribution in [2.75, 3.05) is 0 Å². The van der Waals surface area contributed by atoms with Crippen molar-refractivity contribution in [3.8, 4) is 0 Å². The fraction of sp³-hybridized carbons (Fsp3) is 0.222. The van der Waals surface area contributed by atoms with Crippen LogP contribution in [0.5, 0.6) is 0 Å². The fourth-order valence-electron chi connectivity index (χ4n) is 0.959. The molecule has 12 heavy (non-hydrogen) atoms. The van der Waals surface area contributed by atoms with Crippen LogP contribution in [0.3, 0.4) is 0 Å². The average molecular weight is 167 g/mol. The van der Waals surface area contributed by atoms with E-state index in [2.05, 4.69) is 0 Å². The second kappa shape index (κ2) is 3.85. The third kappa shape index (κ3) is 2.34. The van der Waals surface area contributed by atoms with E-state index in [9.17, 15) is 9.18 Å². The zero-order valence-corrected chi connectivity index (χ0v) is 6.59. The zero-order chi connectivity index (χ0) is 8.97. The lowest BCUT2D eigenvalue weighted by molar-refractivity contribution is -0.117. The van der Waals surface area contributed by atoms with Crippen LogP contribution in [-0.4, -0.2) is 5.91 Å². The lowest BCUT2D eigenvalue weighted by Crippen LogP contribution is -2.11. The Hall–Kier alpha value is -1.38. The first kappa shape index (κ1) is 8.71. The molecule has 0 bridgehead atoms. The number of nitrogens with two attached hydrogens (primary N) is 1. The van der Waals surface area contributed by atoms with Gasteiger partial charge in [-0.25, -0.2) is 4.39 Å². The summed E-state index contributed by atoms with van der Waals surface area (Å²) in [6.45, 7) is 0. The lowest BCUT2D eigenvalue weighted by Gasteiger charge is -1.99. The van der Waals surface area contributed by atoms with Crippen LogP contribution in [0.4, 0.5) is 4.39 Å². The molecule has 2 N–H and O–H groups in total. The maximum atomic E-state index is 12.9. The molecule has 0 aliphatic carbocycles. The summed E-state index contributed by atoms with van der Waals surface area (Å²) in [5.74, 6) is -0.683. The Kier molecular flexibility index (Phi) is 2.80. The van der Waals surface area contributed by atoms with E-state index >= 15 is 0 Å². The Morgan fingerprint density at radius 2 is 2.08 bits per heavy atom. The van der Waals surface area contributed by atoms with Crippen LogP contribution in [0, 0.1) is 5.82 Å². The molecule has 0 radical (unpaired) electrons. The summed E-state index contributed by atoms with van der Waals surface area (Å²) >= 11 is 0. The van der Waals surface area contributed by atoms with Gasteiger partial charge in [0.25, 0.3) is 0 Å². The number of halogens is 1. The van der Waals surface area contributed by atoms with Crippen LogP contribution >= 0.6 is 0 Å². The van der Waals surface area contributed by atoms with Crippen molar-refractivity contribution in [2.45, 2.75) is 12.8 Å². The first-order valence-electron chi connectivity index (χ1n) is 3.72. The van der Waals surface area contributed by atoms with Crippen molar-refractivity contribution in [1.82, 2.24) is 0 Å². The number of benzene rings is 1. The molecule has 0 aliphatic heterocycles. The van der Waals surface area contributed by atoms with Crippen LogP contribution in [-0.2, 0) is 11.2 Å². The van der Waals surface area contributed by atoms with Crippen molar-refractivity contribution in [3.05, 3.63) is 35.6 Å². The summed E-state index contributed by atoms with van der Waals surface area (Å²) in [4.78, 5) is 10.4. The maximum Gasteiger partial charge on any atom is 0.217 e. The van der Waals surface area contributed by atoms with Crippen molar-refractivity contribution in [1.29, 1.82) is 0 Å². The van der Waals surface area contributed by atoms with E-state index < -0.39 is 5.91 Å². The van der Waals surface area contributed by atoms with Gasteiger partial charge in [-0.05, 0) is 18.1 Å². The normalized spacial score (nSPS) is 9.75. The number of carbonyl (C=O) groups excluding carboxylic acids is 1. The lowest BCUT2D eigenvalue weighted by atomic mass is 10.1. The monoisotopic (exact) mass is 167 g/mol. The summed E-state index contributed by atoms with van der Waals surface area (Å²) in [6.07, 6.45) is 0.572. The molecular formula is C9H10FNO. The largest absolute Gasteiger partial charge is 0.370 e. The van der Waals surface area contributed by atoms with Crippen molar-refractivity contribution >= 4 is 5.91 Å². The molecule has 64 valence electrons. The topological polar surface area (TPSA) is 43.1 Å². The predicted octanol–water partition coefficient (Wildman–Crippen LogP) is 1.24. The molecule has 3 heteroatoms. The van der Waals surface area contributed by atoms with Gasteiger partial charge in [0.2, 0.25) is 5.91 Å². The summed E-state index contributed by atoms with van der Waals surface area (Å²) < 4.78 is 12.9. The summed E-state index contributed by atoms with van der Waals surface area (Å²) in [6, 6.07) is 6.37. The number of hydrogen-bond donors (Lipinski definition) is 1. The fourth-order valence-corrected chi connectivity index (χ4v) is 0.959. The van der Waals surface area contributed by atoms with E-state index in [1.54, 1.807) is 18.2 Å². The molecule has 0 aliphatic rings. The number of carbonyl (C=O) groups is 1. The smallest absolute Gasteiger partial charge is 0.217 e. The Bertz CT molecular complexity index is 286. The zero-order valence-electron chi connectivity index (χ0n) is 6.59. The van der Waals surface area contributed by atoms with Crippen LogP contribution < -0.4 is 5.73 Å². The molecule has 2 nitrogen and oxygen atoms in total. The van der Waals surface area contributed by atoms with E-state index in [1.807, 2.05) is 0 Å². The van der Waals surface area contributed by atoms with Gasteiger partial charge in [0, 0.05) is 6.42 Å². The predicted molar refractivity (Wildman–Crippen MR) is 43.9 cm³/mol. The van der Waals surface area contributed by atoms with Crippen LogP contribution in [0.15, 0.2) is 24.3 Å². The highest BCUT2D eigenvalue weighted by atomic mass is 19.1. The molecule has 0 heterocycles. The minimum absolute atomic E-state index is 0.195. The van der Waals surface area contributed by atoms with Gasteiger partial charge < -0.3 is 5.73 Å². The Morgan fingerprint density at radius 1 is 1.42 bits per heavy atom. The first-order chi connectivity index (χ1) is 5.70. The van der Waals surface area contributed by atoms with E-state index in [4.69, 9.17) is 5.73 Å². The molecule has 1 aromatic rings. The number of amides is 1. The van der Waals surface area contributed by atoms with E-state index in [1.165, 1.54) is 6.07 Å². The van der Waals surface area contributed by atoms with E-state index in [-0.39, 0.29) is 12.2 Å². The Balaban J connectivity index is 2.63. The average Bonchev–Trinajstić information content (AvgIpc) is 2.03. The van der Waals surface area contributed by atoms with E-state index in [0.717, 1.165) is 0 Å². The summed E-state index contributed by atoms with van der Waals surface area (Å²) in [5, 5.41) is 0. The molecular weight excluding hydrogens is 157 g/mol. The van der Waals surface area contributed by atoms with Gasteiger partial charge in [0.05, 0.1) is 0 Å². The summed E-state index contributed by atoms with van der Waals surface area (Å²) in [7, 11) is 0. The standard InChI is InChI=1S/C9H10FNO/c10-8-4-2-1-3-7(8)5-6-9(11)12/h1-4H,5-6H2,(H2,11,12). The van der Waals surface area contributed by atoms with Gasteiger partial charge >= 0.3 is 0 Å². The van der Waals surface area contributed by atoms with Gasteiger partial charge in [-0.15, -0.1) is 0 Å². The number of aryl methyl sites for hydroxylation is 1. The molecule has 0 saturated carbocycles. The minimum atomic E-state index is -0.404. The SMILES string of the molecule is NC(=O)CCc1ccccc1F. The molecule has 0 atom stereocenters. The highest BCUT2D eigenvalue weighted by Crippen LogP contribution is 2.08. The number of rotatable bonds is 3. The second-order valence-electron chi connectivity index (χ2n) is 2.56. The Labute approximate surface area is 70.2 Å². The molecule has 0 fully saturated rings. The third-order valence-corrected chi connectivity index (χ3v) is 1.60. The second-order valence-corrected chi connectivity index (χ2v) is 2.56. The van der Waals surface area contributed by atoms with Gasteiger partial charge in [-0.2, -0.15) is 0 Å². The molecule has 1 aromatic carbocycles. The molecule has 1 rings (SSSR count). The molecule has 0 aromatic heterocycles. The molecule has 0 unspecified atom stereocenters. The van der Waals surface area contributed by atoms with Crippen molar-refractivity contribution in [3.63, 3.8) is 0 Å². The number of primary amides is 1. The first-order valence-corrected chi connectivity index (χ1v) is 3.72.